The van der Waals surface area contributed by atoms with E-state index in [1.54, 1.807) is 20.8 Å². The minimum atomic E-state index is -3.83. The Balaban J connectivity index is 0. The van der Waals surface area contributed by atoms with Crippen molar-refractivity contribution in [2.24, 2.45) is 0 Å². The van der Waals surface area contributed by atoms with E-state index in [1.165, 1.54) is 0 Å². The van der Waals surface area contributed by atoms with Gasteiger partial charge in [0.05, 0.1) is 0 Å². The molecule has 0 heterocycles. The fourth-order valence-corrected chi connectivity index (χ4v) is 2.42. The molecule has 0 amide bonds. The van der Waals surface area contributed by atoms with Crippen LogP contribution in [0, 0.1) is 0 Å². The second-order valence-corrected chi connectivity index (χ2v) is 4.31. The van der Waals surface area contributed by atoms with E-state index in [4.69, 9.17) is 11.0 Å². The zero-order valence-electron chi connectivity index (χ0n) is 7.70. The van der Waals surface area contributed by atoms with Crippen LogP contribution in [0.3, 0.4) is 0 Å². The topological polar surface area (TPSA) is 76.3 Å². The van der Waals surface area contributed by atoms with Crippen molar-refractivity contribution in [1.82, 2.24) is 0 Å². The average Bonchev–Trinajstić information content (AvgIpc) is 1.88. The van der Waals surface area contributed by atoms with Crippen molar-refractivity contribution in [3.8, 4) is 0 Å². The molecule has 2 N–H and O–H groups in total. The smallest absolute Gasteiger partial charge is 0.412 e. The molecule has 0 aliphatic heterocycles. The number of hydrogen-bond acceptors (Lipinski definition) is 4. The van der Waals surface area contributed by atoms with Gasteiger partial charge in [0.2, 0.25) is 0 Å². The molecule has 0 bridgehead atoms. The van der Waals surface area contributed by atoms with Crippen LogP contribution in [0.1, 0.15) is 20.8 Å². The Morgan fingerprint density at radius 3 is 1.33 bits per heavy atom. The van der Waals surface area contributed by atoms with E-state index in [2.05, 4.69) is 0 Å². The minimum absolute atomic E-state index is 0. The van der Waals surface area contributed by atoms with E-state index >= 15 is 0 Å². The number of rotatable bonds is 6. The molecule has 0 saturated carbocycles. The van der Waals surface area contributed by atoms with Crippen molar-refractivity contribution in [3.63, 3.8) is 0 Å². The van der Waals surface area contributed by atoms with Gasteiger partial charge in [-0.25, -0.2) is 0 Å². The second kappa shape index (κ2) is 7.85. The Morgan fingerprint density at radius 1 is 0.917 bits per heavy atom. The normalized spacial score (nSPS) is 10.9. The summed E-state index contributed by atoms with van der Waals surface area (Å²) < 4.78 is 26.1. The molecule has 0 atom stereocenters. The van der Waals surface area contributed by atoms with Crippen LogP contribution in [-0.2, 0) is 29.7 Å². The first-order valence-corrected chi connectivity index (χ1v) is 6.00. The van der Waals surface area contributed by atoms with Crippen LogP contribution in [0.4, 0.5) is 0 Å². The third-order valence-corrected chi connectivity index (χ3v) is 3.55. The molecule has 5 nitrogen and oxygen atoms in total. The van der Waals surface area contributed by atoms with Gasteiger partial charge in [0, 0.05) is 0 Å². The summed E-state index contributed by atoms with van der Waals surface area (Å²) in [6.07, 6.45) is 0. The molecule has 0 aromatic carbocycles. The van der Waals surface area contributed by atoms with Gasteiger partial charge in [-0.1, -0.05) is 0 Å². The second-order valence-electron chi connectivity index (χ2n) is 1.70. The van der Waals surface area contributed by atoms with Gasteiger partial charge in [0.25, 0.3) is 0 Å². The predicted octanol–water partition coefficient (Wildman–Crippen LogP) is 0.516. The summed E-state index contributed by atoms with van der Waals surface area (Å²) in [6.45, 7) is 6.34. The molecule has 0 saturated heterocycles. The van der Waals surface area contributed by atoms with Crippen molar-refractivity contribution >= 4 is 0 Å². The van der Waals surface area contributed by atoms with Gasteiger partial charge in [-0.05, 0) is 0 Å². The predicted molar refractivity (Wildman–Crippen MR) is 39.2 cm³/mol. The van der Waals surface area contributed by atoms with Gasteiger partial charge >= 0.3 is 70.3 Å². The molecule has 12 heavy (non-hydrogen) atoms. The van der Waals surface area contributed by atoms with E-state index < -0.39 is 15.0 Å². The summed E-state index contributed by atoms with van der Waals surface area (Å²) >= 11 is -3.83. The minimum Gasteiger partial charge on any atom is -0.412 e. The van der Waals surface area contributed by atoms with Crippen molar-refractivity contribution in [3.05, 3.63) is 0 Å². The van der Waals surface area contributed by atoms with Crippen molar-refractivity contribution in [1.29, 1.82) is 0 Å². The Hall–Kier alpha value is 0.224. The summed E-state index contributed by atoms with van der Waals surface area (Å²) in [6, 6.07) is 0. The summed E-state index contributed by atoms with van der Waals surface area (Å²) in [4.78, 5) is 0. The largest absolute Gasteiger partial charge is 0.412 e. The molecule has 0 spiro atoms. The Labute approximate surface area is 76.3 Å². The molecular formula is C6H17O5V. The monoisotopic (exact) mass is 220 g/mol. The summed E-state index contributed by atoms with van der Waals surface area (Å²) in [5.74, 6) is 0. The van der Waals surface area contributed by atoms with Crippen LogP contribution in [-0.4, -0.2) is 25.3 Å². The summed E-state index contributed by atoms with van der Waals surface area (Å²) in [7, 11) is 0. The molecule has 0 unspecified atom stereocenters. The average molecular weight is 220 g/mol. The van der Waals surface area contributed by atoms with Crippen molar-refractivity contribution < 1.29 is 35.2 Å². The van der Waals surface area contributed by atoms with Gasteiger partial charge in [-0.2, -0.15) is 0 Å². The maximum atomic E-state index is 11.4. The quantitative estimate of drug-likeness (QED) is 0.653. The molecule has 0 aromatic rings. The Bertz CT molecular complexity index is 114. The number of hydrogen-bond donors (Lipinski definition) is 0. The summed E-state index contributed by atoms with van der Waals surface area (Å²) in [5.41, 5.74) is 0. The van der Waals surface area contributed by atoms with Gasteiger partial charge in [0.1, 0.15) is 0 Å². The van der Waals surface area contributed by atoms with E-state index in [0.717, 1.165) is 0 Å². The zero-order valence-corrected chi connectivity index (χ0v) is 9.10. The van der Waals surface area contributed by atoms with E-state index in [1.807, 2.05) is 0 Å². The Morgan fingerprint density at radius 2 is 1.17 bits per heavy atom. The van der Waals surface area contributed by atoms with Crippen LogP contribution >= 0.6 is 0 Å². The SMILES string of the molecule is CC[O][V](=[O])([O]CC)[O]CC.O. The maximum absolute atomic E-state index is 11.4. The first-order valence-electron chi connectivity index (χ1n) is 3.72. The van der Waals surface area contributed by atoms with Gasteiger partial charge in [-0.15, -0.1) is 0 Å². The molecule has 0 fully saturated rings. The third kappa shape index (κ3) is 5.82. The fourth-order valence-electron chi connectivity index (χ4n) is 0.586. The van der Waals surface area contributed by atoms with E-state index in [9.17, 15) is 3.67 Å². The Kier molecular flexibility index (Phi) is 9.64. The van der Waals surface area contributed by atoms with Crippen molar-refractivity contribution in [2.45, 2.75) is 20.8 Å². The molecular weight excluding hydrogens is 203 g/mol. The van der Waals surface area contributed by atoms with Crippen LogP contribution in [0.2, 0.25) is 0 Å². The van der Waals surface area contributed by atoms with Crippen LogP contribution in [0.25, 0.3) is 0 Å². The molecule has 76 valence electrons. The van der Waals surface area contributed by atoms with Gasteiger partial charge < -0.3 is 5.48 Å². The van der Waals surface area contributed by atoms with Gasteiger partial charge in [0.15, 0.2) is 0 Å². The first kappa shape index (κ1) is 14.7. The third-order valence-electron chi connectivity index (χ3n) is 0.862. The molecule has 0 aliphatic rings. The fraction of sp³-hybridized carbons (Fsp3) is 1.00. The molecule has 6 heteroatoms. The van der Waals surface area contributed by atoms with Crippen LogP contribution < -0.4 is 0 Å². The zero-order chi connectivity index (χ0) is 8.74. The molecule has 0 rings (SSSR count). The van der Waals surface area contributed by atoms with Gasteiger partial charge in [-0.3, -0.25) is 0 Å². The van der Waals surface area contributed by atoms with Crippen LogP contribution in [0.5, 0.6) is 0 Å². The standard InChI is InChI=1S/3C2H5O.H2O.O.V/c3*1-2-3;;;/h3*2H2,1H3;1H2;;/q3*-1;;;+3. The van der Waals surface area contributed by atoms with E-state index in [0.29, 0.717) is 19.8 Å². The van der Waals surface area contributed by atoms with E-state index in [-0.39, 0.29) is 5.48 Å². The van der Waals surface area contributed by atoms with Crippen LogP contribution in [0.15, 0.2) is 0 Å². The first-order chi connectivity index (χ1) is 5.18. The molecule has 0 radical (unpaired) electrons. The molecule has 0 aromatic heterocycles. The molecule has 0 aliphatic carbocycles. The van der Waals surface area contributed by atoms with Crippen molar-refractivity contribution in [2.75, 3.05) is 19.8 Å². The summed E-state index contributed by atoms with van der Waals surface area (Å²) in [5, 5.41) is 0. The maximum Gasteiger partial charge on any atom is -0.412 e.